The Bertz CT molecular complexity index is 237. The molecule has 1 heterocycles. The van der Waals surface area contributed by atoms with Gasteiger partial charge in [0.1, 0.15) is 4.34 Å². The van der Waals surface area contributed by atoms with Gasteiger partial charge in [0.25, 0.3) is 0 Å². The molecule has 0 bridgehead atoms. The minimum absolute atomic E-state index is 0.622. The molecule has 0 aliphatic carbocycles. The lowest BCUT2D eigenvalue weighted by Gasteiger charge is -1.87. The maximum atomic E-state index is 8.15. The molecular formula is C5H3ClN2S. The van der Waals surface area contributed by atoms with E-state index in [0.29, 0.717) is 10.0 Å². The molecule has 9 heavy (non-hydrogen) atoms. The van der Waals surface area contributed by atoms with Crippen molar-refractivity contribution in [2.45, 2.75) is 0 Å². The largest absolute Gasteiger partial charge is 0.290 e. The van der Waals surface area contributed by atoms with E-state index in [1.54, 1.807) is 12.3 Å². The lowest BCUT2D eigenvalue weighted by atomic mass is 10.5. The Morgan fingerprint density at radius 3 is 3.00 bits per heavy atom. The van der Waals surface area contributed by atoms with Crippen molar-refractivity contribution < 1.29 is 0 Å². The molecule has 0 saturated heterocycles. The van der Waals surface area contributed by atoms with E-state index in [-0.39, 0.29) is 0 Å². The number of halogens is 1. The summed E-state index contributed by atoms with van der Waals surface area (Å²) in [6.45, 7) is 0. The first-order chi connectivity index (χ1) is 4.34. The van der Waals surface area contributed by atoms with Gasteiger partial charge in [-0.1, -0.05) is 11.6 Å². The van der Waals surface area contributed by atoms with Crippen LogP contribution in [0, 0.1) is 11.5 Å². The van der Waals surface area contributed by atoms with E-state index in [1.807, 2.05) is 5.38 Å². The molecule has 0 radical (unpaired) electrons. The first-order valence-corrected chi connectivity index (χ1v) is 3.48. The van der Waals surface area contributed by atoms with Gasteiger partial charge in [0.15, 0.2) is 6.19 Å². The highest BCUT2D eigenvalue weighted by Crippen LogP contribution is 2.26. The SMILES string of the molecule is N#CNc1ccsc1Cl. The van der Waals surface area contributed by atoms with Crippen molar-refractivity contribution in [2.24, 2.45) is 0 Å². The van der Waals surface area contributed by atoms with E-state index in [0.717, 1.165) is 0 Å². The fourth-order valence-electron chi connectivity index (χ4n) is 0.442. The van der Waals surface area contributed by atoms with Crippen molar-refractivity contribution in [1.82, 2.24) is 0 Å². The van der Waals surface area contributed by atoms with Crippen LogP contribution in [0.4, 0.5) is 5.69 Å². The zero-order valence-electron chi connectivity index (χ0n) is 4.39. The molecule has 0 aliphatic rings. The van der Waals surface area contributed by atoms with Crippen molar-refractivity contribution in [3.63, 3.8) is 0 Å². The molecule has 0 fully saturated rings. The van der Waals surface area contributed by atoms with Crippen LogP contribution in [0.1, 0.15) is 0 Å². The summed E-state index contributed by atoms with van der Waals surface area (Å²) >= 11 is 7.02. The third kappa shape index (κ3) is 1.35. The molecule has 2 nitrogen and oxygen atoms in total. The Morgan fingerprint density at radius 2 is 2.56 bits per heavy atom. The highest BCUT2D eigenvalue weighted by molar-refractivity contribution is 7.15. The fraction of sp³-hybridized carbons (Fsp3) is 0. The Kier molecular flexibility index (Phi) is 1.93. The predicted octanol–water partition coefficient (Wildman–Crippen LogP) is 2.29. The van der Waals surface area contributed by atoms with E-state index in [2.05, 4.69) is 5.32 Å². The second-order valence-corrected chi connectivity index (χ2v) is 2.86. The first kappa shape index (κ1) is 6.40. The number of anilines is 1. The van der Waals surface area contributed by atoms with Gasteiger partial charge in [-0.3, -0.25) is 5.32 Å². The summed E-state index contributed by atoms with van der Waals surface area (Å²) in [6.07, 6.45) is 1.78. The van der Waals surface area contributed by atoms with Crippen LogP contribution >= 0.6 is 22.9 Å². The number of hydrogen-bond donors (Lipinski definition) is 1. The Morgan fingerprint density at radius 1 is 1.78 bits per heavy atom. The minimum Gasteiger partial charge on any atom is -0.290 e. The van der Waals surface area contributed by atoms with E-state index in [9.17, 15) is 0 Å². The summed E-state index contributed by atoms with van der Waals surface area (Å²) in [5.74, 6) is 0. The zero-order chi connectivity index (χ0) is 6.69. The van der Waals surface area contributed by atoms with Crippen LogP contribution in [0.15, 0.2) is 11.4 Å². The molecule has 0 aromatic carbocycles. The van der Waals surface area contributed by atoms with Gasteiger partial charge in [-0.15, -0.1) is 11.3 Å². The molecule has 0 aliphatic heterocycles. The van der Waals surface area contributed by atoms with Crippen LogP contribution in [-0.4, -0.2) is 0 Å². The molecular weight excluding hydrogens is 156 g/mol. The van der Waals surface area contributed by atoms with Crippen molar-refractivity contribution in [3.8, 4) is 6.19 Å². The summed E-state index contributed by atoms with van der Waals surface area (Å²) in [7, 11) is 0. The average Bonchev–Trinajstić information content (AvgIpc) is 2.18. The van der Waals surface area contributed by atoms with Gasteiger partial charge in [0.2, 0.25) is 0 Å². The predicted molar refractivity (Wildman–Crippen MR) is 38.6 cm³/mol. The number of nitrogens with zero attached hydrogens (tertiary/aromatic N) is 1. The normalized spacial score (nSPS) is 8.44. The van der Waals surface area contributed by atoms with E-state index < -0.39 is 0 Å². The third-order valence-electron chi connectivity index (χ3n) is 0.809. The second kappa shape index (κ2) is 2.72. The summed E-state index contributed by atoms with van der Waals surface area (Å²) in [5, 5.41) is 12.4. The highest BCUT2D eigenvalue weighted by Gasteiger charge is 1.96. The molecule has 0 unspecified atom stereocenters. The third-order valence-corrected chi connectivity index (χ3v) is 1.98. The van der Waals surface area contributed by atoms with Crippen LogP contribution in [0.5, 0.6) is 0 Å². The molecule has 4 heteroatoms. The van der Waals surface area contributed by atoms with Gasteiger partial charge >= 0.3 is 0 Å². The topological polar surface area (TPSA) is 35.8 Å². The lowest BCUT2D eigenvalue weighted by Crippen LogP contribution is -1.82. The van der Waals surface area contributed by atoms with Gasteiger partial charge in [0, 0.05) is 0 Å². The van der Waals surface area contributed by atoms with Gasteiger partial charge in [0.05, 0.1) is 5.69 Å². The number of nitrogens with one attached hydrogen (secondary N) is 1. The summed E-state index contributed by atoms with van der Waals surface area (Å²) < 4.78 is 0.622. The first-order valence-electron chi connectivity index (χ1n) is 2.22. The molecule has 0 saturated carbocycles. The Labute approximate surface area is 61.7 Å². The standard InChI is InChI=1S/C5H3ClN2S/c6-5-4(8-3-7)1-2-9-5/h1-2,8H. The van der Waals surface area contributed by atoms with Crippen LogP contribution in [0.3, 0.4) is 0 Å². The molecule has 1 rings (SSSR count). The maximum absolute atomic E-state index is 8.15. The Hall–Kier alpha value is -0.720. The number of nitriles is 1. The summed E-state index contributed by atoms with van der Waals surface area (Å²) in [6, 6.07) is 1.76. The van der Waals surface area contributed by atoms with E-state index >= 15 is 0 Å². The Balaban J connectivity index is 2.84. The fourth-order valence-corrected chi connectivity index (χ4v) is 1.28. The van der Waals surface area contributed by atoms with E-state index in [4.69, 9.17) is 16.9 Å². The summed E-state index contributed by atoms with van der Waals surface area (Å²) in [4.78, 5) is 0. The molecule has 1 aromatic rings. The van der Waals surface area contributed by atoms with Crippen molar-refractivity contribution >= 4 is 28.6 Å². The van der Waals surface area contributed by atoms with Gasteiger partial charge in [-0.2, -0.15) is 5.26 Å². The van der Waals surface area contributed by atoms with Crippen molar-refractivity contribution in [1.29, 1.82) is 5.26 Å². The van der Waals surface area contributed by atoms with Gasteiger partial charge < -0.3 is 0 Å². The van der Waals surface area contributed by atoms with Crippen LogP contribution < -0.4 is 5.32 Å². The molecule has 0 spiro atoms. The molecule has 1 N–H and O–H groups in total. The summed E-state index contributed by atoms with van der Waals surface area (Å²) in [5.41, 5.74) is 0.684. The monoisotopic (exact) mass is 158 g/mol. The lowest BCUT2D eigenvalue weighted by molar-refractivity contribution is 1.48. The maximum Gasteiger partial charge on any atom is 0.181 e. The molecule has 46 valence electrons. The van der Waals surface area contributed by atoms with Gasteiger partial charge in [-0.05, 0) is 11.4 Å². The number of hydrogen-bond acceptors (Lipinski definition) is 3. The molecule has 0 amide bonds. The second-order valence-electron chi connectivity index (χ2n) is 1.34. The van der Waals surface area contributed by atoms with E-state index in [1.165, 1.54) is 11.3 Å². The van der Waals surface area contributed by atoms with Crippen LogP contribution in [-0.2, 0) is 0 Å². The van der Waals surface area contributed by atoms with Crippen LogP contribution in [0.2, 0.25) is 4.34 Å². The van der Waals surface area contributed by atoms with Crippen molar-refractivity contribution in [3.05, 3.63) is 15.8 Å². The zero-order valence-corrected chi connectivity index (χ0v) is 5.96. The van der Waals surface area contributed by atoms with Crippen LogP contribution in [0.25, 0.3) is 0 Å². The minimum atomic E-state index is 0.622. The quantitative estimate of drug-likeness (QED) is 0.503. The molecule has 0 atom stereocenters. The number of rotatable bonds is 1. The molecule has 1 aromatic heterocycles. The van der Waals surface area contributed by atoms with Gasteiger partial charge in [-0.25, -0.2) is 0 Å². The number of thiophene rings is 1. The smallest absolute Gasteiger partial charge is 0.181 e. The van der Waals surface area contributed by atoms with Crippen molar-refractivity contribution in [2.75, 3.05) is 5.32 Å². The average molecular weight is 159 g/mol. The highest BCUT2D eigenvalue weighted by atomic mass is 35.5.